The lowest BCUT2D eigenvalue weighted by Gasteiger charge is -2.13. The summed E-state index contributed by atoms with van der Waals surface area (Å²) in [4.78, 5) is 1.87. The van der Waals surface area contributed by atoms with Gasteiger partial charge in [0.25, 0.3) is 0 Å². The molecule has 0 saturated carbocycles. The van der Waals surface area contributed by atoms with E-state index < -0.39 is 0 Å². The van der Waals surface area contributed by atoms with E-state index >= 15 is 0 Å². The Labute approximate surface area is 116 Å². The molecule has 0 radical (unpaired) electrons. The van der Waals surface area contributed by atoms with Crippen molar-refractivity contribution < 1.29 is 8.81 Å². The fourth-order valence-corrected chi connectivity index (χ4v) is 2.35. The third kappa shape index (κ3) is 2.51. The van der Waals surface area contributed by atoms with E-state index in [9.17, 15) is 4.39 Å². The van der Waals surface area contributed by atoms with Gasteiger partial charge in [0, 0.05) is 6.54 Å². The molecule has 6 heteroatoms. The maximum absolute atomic E-state index is 13.4. The summed E-state index contributed by atoms with van der Waals surface area (Å²) in [5, 5.41) is 11.3. The molecule has 0 aliphatic carbocycles. The summed E-state index contributed by atoms with van der Waals surface area (Å²) in [6, 6.07) is 5.24. The molecule has 3 rings (SSSR count). The smallest absolute Gasteiger partial charge is 0.322 e. The molecular weight excluding hydrogens is 259 g/mol. The lowest BCUT2D eigenvalue weighted by Crippen LogP contribution is -2.14. The Morgan fingerprint density at radius 1 is 1.40 bits per heavy atom. The number of benzene rings is 1. The lowest BCUT2D eigenvalue weighted by atomic mass is 10.2. The summed E-state index contributed by atoms with van der Waals surface area (Å²) in [5.74, 6) is 0.304. The maximum Gasteiger partial charge on any atom is 0.322 e. The van der Waals surface area contributed by atoms with E-state index in [1.54, 1.807) is 0 Å². The van der Waals surface area contributed by atoms with Crippen molar-refractivity contribution in [2.24, 2.45) is 0 Å². The topological polar surface area (TPSA) is 54.2 Å². The molecule has 0 atom stereocenters. The zero-order valence-electron chi connectivity index (χ0n) is 11.4. The van der Waals surface area contributed by atoms with Crippen LogP contribution in [0.15, 0.2) is 22.6 Å². The number of nitrogens with one attached hydrogen (secondary N) is 1. The van der Waals surface area contributed by atoms with Crippen molar-refractivity contribution in [3.05, 3.63) is 35.5 Å². The van der Waals surface area contributed by atoms with Crippen LogP contribution < -0.4 is 10.2 Å². The van der Waals surface area contributed by atoms with E-state index in [4.69, 9.17) is 4.42 Å². The summed E-state index contributed by atoms with van der Waals surface area (Å²) < 4.78 is 19.0. The van der Waals surface area contributed by atoms with Crippen molar-refractivity contribution in [3.63, 3.8) is 0 Å². The number of hydrogen-bond acceptors (Lipinski definition) is 5. The van der Waals surface area contributed by atoms with Gasteiger partial charge in [-0.25, -0.2) is 4.39 Å². The normalized spacial score (nSPS) is 13.8. The molecule has 0 bridgehead atoms. The minimum Gasteiger partial charge on any atom is -0.406 e. The standard InChI is InChI=1S/C14H17FN4O/c1-2-6-16-9-13-17-18-14(20-13)19-7-5-10-3-4-11(15)8-12(10)19/h3-4,8,16H,2,5-7,9H2,1H3. The van der Waals surface area contributed by atoms with Crippen molar-refractivity contribution in [3.8, 4) is 0 Å². The fraction of sp³-hybridized carbons (Fsp3) is 0.429. The second-order valence-corrected chi connectivity index (χ2v) is 4.83. The molecule has 0 fully saturated rings. The fourth-order valence-electron chi connectivity index (χ4n) is 2.35. The van der Waals surface area contributed by atoms with E-state index in [0.29, 0.717) is 18.5 Å². The molecule has 2 heterocycles. The van der Waals surface area contributed by atoms with Crippen LogP contribution in [0.5, 0.6) is 0 Å². The van der Waals surface area contributed by atoms with Crippen LogP contribution in [-0.2, 0) is 13.0 Å². The number of halogens is 1. The van der Waals surface area contributed by atoms with E-state index in [2.05, 4.69) is 22.4 Å². The Balaban J connectivity index is 1.77. The third-order valence-electron chi connectivity index (χ3n) is 3.33. The van der Waals surface area contributed by atoms with Crippen molar-refractivity contribution in [1.82, 2.24) is 15.5 Å². The van der Waals surface area contributed by atoms with Crippen LogP contribution in [0.4, 0.5) is 16.1 Å². The predicted molar refractivity (Wildman–Crippen MR) is 73.4 cm³/mol. The first-order valence-electron chi connectivity index (χ1n) is 6.87. The Kier molecular flexibility index (Phi) is 3.64. The second-order valence-electron chi connectivity index (χ2n) is 4.83. The third-order valence-corrected chi connectivity index (χ3v) is 3.33. The van der Waals surface area contributed by atoms with Crippen molar-refractivity contribution in [2.75, 3.05) is 18.0 Å². The average molecular weight is 276 g/mol. The van der Waals surface area contributed by atoms with E-state index in [0.717, 1.165) is 37.2 Å². The van der Waals surface area contributed by atoms with Gasteiger partial charge in [-0.3, -0.25) is 4.90 Å². The van der Waals surface area contributed by atoms with Gasteiger partial charge in [0.2, 0.25) is 5.89 Å². The Morgan fingerprint density at radius 3 is 3.15 bits per heavy atom. The van der Waals surface area contributed by atoms with E-state index in [1.807, 2.05) is 11.0 Å². The highest BCUT2D eigenvalue weighted by atomic mass is 19.1. The van der Waals surface area contributed by atoms with Crippen LogP contribution in [0, 0.1) is 5.82 Å². The van der Waals surface area contributed by atoms with Crippen molar-refractivity contribution in [1.29, 1.82) is 0 Å². The molecule has 106 valence electrons. The molecule has 0 saturated heterocycles. The molecule has 1 aromatic carbocycles. The van der Waals surface area contributed by atoms with Crippen LogP contribution in [0.2, 0.25) is 0 Å². The molecule has 0 unspecified atom stereocenters. The minimum atomic E-state index is -0.250. The second kappa shape index (κ2) is 5.58. The Hall–Kier alpha value is -1.95. The maximum atomic E-state index is 13.4. The molecule has 1 aliphatic heterocycles. The molecule has 20 heavy (non-hydrogen) atoms. The minimum absolute atomic E-state index is 0.250. The number of rotatable bonds is 5. The molecule has 5 nitrogen and oxygen atoms in total. The molecular formula is C14H17FN4O. The zero-order valence-corrected chi connectivity index (χ0v) is 11.4. The molecule has 0 spiro atoms. The Morgan fingerprint density at radius 2 is 2.30 bits per heavy atom. The number of anilines is 2. The van der Waals surface area contributed by atoms with Gasteiger partial charge < -0.3 is 9.73 Å². The van der Waals surface area contributed by atoms with Crippen molar-refractivity contribution in [2.45, 2.75) is 26.3 Å². The SMILES string of the molecule is CCCNCc1nnc(N2CCc3ccc(F)cc32)o1. The largest absolute Gasteiger partial charge is 0.406 e. The number of hydrogen-bond donors (Lipinski definition) is 1. The number of fused-ring (bicyclic) bond motifs is 1. The van der Waals surface area contributed by atoms with Crippen LogP contribution in [0.25, 0.3) is 0 Å². The molecule has 1 N–H and O–H groups in total. The van der Waals surface area contributed by atoms with Gasteiger partial charge in [0.15, 0.2) is 0 Å². The van der Waals surface area contributed by atoms with Crippen LogP contribution >= 0.6 is 0 Å². The Bertz CT molecular complexity index is 599. The van der Waals surface area contributed by atoms with Crippen LogP contribution in [-0.4, -0.2) is 23.3 Å². The first-order valence-corrected chi connectivity index (χ1v) is 6.87. The highest BCUT2D eigenvalue weighted by Gasteiger charge is 2.25. The van der Waals surface area contributed by atoms with Gasteiger partial charge in [0.05, 0.1) is 12.2 Å². The summed E-state index contributed by atoms with van der Waals surface area (Å²) in [7, 11) is 0. The summed E-state index contributed by atoms with van der Waals surface area (Å²) in [6.45, 7) is 4.31. The zero-order chi connectivity index (χ0) is 13.9. The van der Waals surface area contributed by atoms with E-state index in [-0.39, 0.29) is 5.82 Å². The quantitative estimate of drug-likeness (QED) is 0.850. The lowest BCUT2D eigenvalue weighted by molar-refractivity contribution is 0.470. The number of nitrogens with zero attached hydrogens (tertiary/aromatic N) is 3. The highest BCUT2D eigenvalue weighted by molar-refractivity contribution is 5.64. The predicted octanol–water partition coefficient (Wildman–Crippen LogP) is 2.40. The van der Waals surface area contributed by atoms with Gasteiger partial charge in [-0.05, 0) is 37.1 Å². The molecule has 2 aromatic rings. The summed E-state index contributed by atoms with van der Waals surface area (Å²) >= 11 is 0. The first kappa shape index (κ1) is 13.1. The summed E-state index contributed by atoms with van der Waals surface area (Å²) in [6.07, 6.45) is 1.92. The summed E-state index contributed by atoms with van der Waals surface area (Å²) in [5.41, 5.74) is 1.93. The van der Waals surface area contributed by atoms with E-state index in [1.165, 1.54) is 12.1 Å². The van der Waals surface area contributed by atoms with Crippen LogP contribution in [0.1, 0.15) is 24.8 Å². The van der Waals surface area contributed by atoms with Gasteiger partial charge in [-0.15, -0.1) is 5.10 Å². The number of aromatic nitrogens is 2. The molecule has 1 aliphatic rings. The van der Waals surface area contributed by atoms with Gasteiger partial charge in [-0.2, -0.15) is 0 Å². The van der Waals surface area contributed by atoms with Gasteiger partial charge in [0.1, 0.15) is 5.82 Å². The molecule has 0 amide bonds. The highest BCUT2D eigenvalue weighted by Crippen LogP contribution is 2.34. The van der Waals surface area contributed by atoms with Crippen molar-refractivity contribution >= 4 is 11.7 Å². The van der Waals surface area contributed by atoms with Crippen LogP contribution in [0.3, 0.4) is 0 Å². The monoisotopic (exact) mass is 276 g/mol. The molecule has 1 aromatic heterocycles. The first-order chi connectivity index (χ1) is 9.78. The van der Waals surface area contributed by atoms with Gasteiger partial charge >= 0.3 is 6.01 Å². The average Bonchev–Trinajstić information content (AvgIpc) is 3.05. The van der Waals surface area contributed by atoms with Gasteiger partial charge in [-0.1, -0.05) is 18.1 Å².